The molecule has 1 amide bonds. The molecule has 6 atom stereocenters. The molecular formula is C26H26N2O5. The number of hydrogen-bond acceptors (Lipinski definition) is 5. The quantitative estimate of drug-likeness (QED) is 0.298. The number of carbonyl (C=O) groups is 2. The molecule has 1 aliphatic heterocycles. The predicted molar refractivity (Wildman–Crippen MR) is 122 cm³/mol. The van der Waals surface area contributed by atoms with Gasteiger partial charge in [0, 0.05) is 35.1 Å². The van der Waals surface area contributed by atoms with Crippen molar-refractivity contribution in [1.82, 2.24) is 0 Å². The monoisotopic (exact) mass is 446 g/mol. The van der Waals surface area contributed by atoms with E-state index in [1.807, 2.05) is 73.7 Å². The molecule has 1 heterocycles. The van der Waals surface area contributed by atoms with E-state index in [0.717, 1.165) is 16.9 Å². The molecule has 1 saturated carbocycles. The maximum absolute atomic E-state index is 14.4. The number of esters is 1. The molecule has 7 nitrogen and oxygen atoms in total. The van der Waals surface area contributed by atoms with Crippen LogP contribution in [0.2, 0.25) is 0 Å². The van der Waals surface area contributed by atoms with Crippen molar-refractivity contribution >= 4 is 23.3 Å². The Bertz CT molecular complexity index is 1060. The van der Waals surface area contributed by atoms with Gasteiger partial charge < -0.3 is 4.74 Å². The SMILES string of the molecule is C[C@H]1OC(=O)[C@@H]2C=C3C[C@@H]([N+](=O)[O-])CC[C@H]3[C@H](C(=O)N(c3ccccc3)c3ccccc3)[C@H]12. The van der Waals surface area contributed by atoms with Gasteiger partial charge in [0.2, 0.25) is 11.9 Å². The smallest absolute Gasteiger partial charge is 0.313 e. The summed E-state index contributed by atoms with van der Waals surface area (Å²) in [7, 11) is 0. The van der Waals surface area contributed by atoms with Crippen LogP contribution in [0, 0.1) is 33.8 Å². The fourth-order valence-electron chi connectivity index (χ4n) is 5.89. The van der Waals surface area contributed by atoms with Gasteiger partial charge in [0.1, 0.15) is 6.10 Å². The number of nitro groups is 1. The van der Waals surface area contributed by atoms with Crippen LogP contribution < -0.4 is 4.90 Å². The first-order valence-corrected chi connectivity index (χ1v) is 11.4. The molecule has 170 valence electrons. The molecule has 1 saturated heterocycles. The number of anilines is 2. The van der Waals surface area contributed by atoms with Crippen LogP contribution in [0.25, 0.3) is 0 Å². The van der Waals surface area contributed by atoms with Gasteiger partial charge in [0.05, 0.1) is 11.8 Å². The van der Waals surface area contributed by atoms with Gasteiger partial charge in [-0.3, -0.25) is 24.6 Å². The number of cyclic esters (lactones) is 1. The molecule has 2 aromatic rings. The van der Waals surface area contributed by atoms with Crippen molar-refractivity contribution in [2.75, 3.05) is 4.90 Å². The summed E-state index contributed by atoms with van der Waals surface area (Å²) in [6.07, 6.45) is 2.74. The number of carbonyl (C=O) groups excluding carboxylic acids is 2. The molecular weight excluding hydrogens is 420 g/mol. The molecule has 0 aromatic heterocycles. The Morgan fingerprint density at radius 3 is 2.21 bits per heavy atom. The lowest BCUT2D eigenvalue weighted by molar-refractivity contribution is -0.524. The third kappa shape index (κ3) is 3.71. The fraction of sp³-hybridized carbons (Fsp3) is 0.385. The van der Waals surface area contributed by atoms with Crippen LogP contribution in [0.1, 0.15) is 26.2 Å². The Morgan fingerprint density at radius 2 is 1.64 bits per heavy atom. The number of benzene rings is 2. The summed E-state index contributed by atoms with van der Waals surface area (Å²) in [5.74, 6) is -1.90. The van der Waals surface area contributed by atoms with E-state index in [4.69, 9.17) is 4.74 Å². The molecule has 0 unspecified atom stereocenters. The Morgan fingerprint density at radius 1 is 1.03 bits per heavy atom. The Kier molecular flexibility index (Phi) is 5.48. The number of ether oxygens (including phenoxy) is 1. The van der Waals surface area contributed by atoms with Gasteiger partial charge in [-0.1, -0.05) is 48.0 Å². The minimum atomic E-state index is -0.672. The number of rotatable bonds is 4. The van der Waals surface area contributed by atoms with Crippen molar-refractivity contribution in [3.05, 3.63) is 82.4 Å². The van der Waals surface area contributed by atoms with Crippen molar-refractivity contribution in [1.29, 1.82) is 0 Å². The first-order valence-electron chi connectivity index (χ1n) is 11.4. The van der Waals surface area contributed by atoms with Crippen molar-refractivity contribution in [2.24, 2.45) is 23.7 Å². The summed E-state index contributed by atoms with van der Waals surface area (Å²) in [6.45, 7) is 1.85. The van der Waals surface area contributed by atoms with Crippen molar-refractivity contribution < 1.29 is 19.2 Å². The molecule has 33 heavy (non-hydrogen) atoms. The molecule has 0 N–H and O–H groups in total. The highest BCUT2D eigenvalue weighted by molar-refractivity contribution is 6.03. The molecule has 2 fully saturated rings. The van der Waals surface area contributed by atoms with E-state index in [1.165, 1.54) is 0 Å². The van der Waals surface area contributed by atoms with E-state index < -0.39 is 24.0 Å². The highest BCUT2D eigenvalue weighted by atomic mass is 16.6. The molecule has 0 radical (unpaired) electrons. The number of fused-ring (bicyclic) bond motifs is 2. The zero-order valence-corrected chi connectivity index (χ0v) is 18.4. The average molecular weight is 447 g/mol. The fourth-order valence-corrected chi connectivity index (χ4v) is 5.89. The van der Waals surface area contributed by atoms with Gasteiger partial charge in [-0.05, 0) is 43.5 Å². The topological polar surface area (TPSA) is 89.7 Å². The van der Waals surface area contributed by atoms with E-state index in [-0.39, 0.29) is 35.1 Å². The van der Waals surface area contributed by atoms with E-state index in [1.54, 1.807) is 4.90 Å². The number of amides is 1. The van der Waals surface area contributed by atoms with Crippen LogP contribution in [0.4, 0.5) is 11.4 Å². The van der Waals surface area contributed by atoms with E-state index >= 15 is 0 Å². The summed E-state index contributed by atoms with van der Waals surface area (Å²) < 4.78 is 5.57. The Balaban J connectivity index is 1.59. The lowest BCUT2D eigenvalue weighted by Crippen LogP contribution is -2.48. The van der Waals surface area contributed by atoms with E-state index in [0.29, 0.717) is 12.8 Å². The predicted octanol–water partition coefficient (Wildman–Crippen LogP) is 4.53. The van der Waals surface area contributed by atoms with Gasteiger partial charge in [-0.25, -0.2) is 0 Å². The molecule has 0 bridgehead atoms. The third-order valence-electron chi connectivity index (χ3n) is 7.36. The van der Waals surface area contributed by atoms with Gasteiger partial charge in [0.25, 0.3) is 0 Å². The second-order valence-electron chi connectivity index (χ2n) is 9.18. The van der Waals surface area contributed by atoms with Crippen LogP contribution in [-0.4, -0.2) is 28.9 Å². The number of hydrogen-bond donors (Lipinski definition) is 0. The van der Waals surface area contributed by atoms with Crippen molar-refractivity contribution in [3.8, 4) is 0 Å². The molecule has 2 aromatic carbocycles. The second kappa shape index (κ2) is 8.46. The highest BCUT2D eigenvalue weighted by Crippen LogP contribution is 2.51. The van der Waals surface area contributed by atoms with E-state index in [2.05, 4.69) is 0 Å². The normalized spacial score (nSPS) is 30.5. The summed E-state index contributed by atoms with van der Waals surface area (Å²) in [5, 5.41) is 11.5. The van der Waals surface area contributed by atoms with Crippen molar-refractivity contribution in [2.45, 2.75) is 38.3 Å². The minimum Gasteiger partial charge on any atom is -0.462 e. The van der Waals surface area contributed by atoms with Crippen LogP contribution >= 0.6 is 0 Å². The number of nitrogens with zero attached hydrogens (tertiary/aromatic N) is 2. The maximum Gasteiger partial charge on any atom is 0.313 e. The van der Waals surface area contributed by atoms with Gasteiger partial charge in [-0.2, -0.15) is 0 Å². The second-order valence-corrected chi connectivity index (χ2v) is 9.18. The van der Waals surface area contributed by atoms with Crippen molar-refractivity contribution in [3.63, 3.8) is 0 Å². The zero-order chi connectivity index (χ0) is 23.1. The minimum absolute atomic E-state index is 0.0947. The average Bonchev–Trinajstić information content (AvgIpc) is 3.11. The Labute approximate surface area is 192 Å². The highest BCUT2D eigenvalue weighted by Gasteiger charge is 2.56. The molecule has 5 rings (SSSR count). The van der Waals surface area contributed by atoms with Crippen LogP contribution in [0.15, 0.2) is 72.3 Å². The van der Waals surface area contributed by atoms with Crippen LogP contribution in [0.3, 0.4) is 0 Å². The molecule has 7 heteroatoms. The van der Waals surface area contributed by atoms with Gasteiger partial charge in [-0.15, -0.1) is 0 Å². The lowest BCUT2D eigenvalue weighted by atomic mass is 9.61. The summed E-state index contributed by atoms with van der Waals surface area (Å²) in [6, 6.07) is 18.3. The maximum atomic E-state index is 14.4. The standard InChI is InChI=1S/C26H26N2O5/c1-16-23-22(26(30)33-16)15-17-14-20(28(31)32)12-13-21(17)24(23)25(29)27(18-8-4-2-5-9-18)19-10-6-3-7-11-19/h2-11,15-16,20-24H,12-14H2,1H3/t16-,20+,21-,22-,23-,24+/m1/s1. The summed E-state index contributed by atoms with van der Waals surface area (Å²) in [5.41, 5.74) is 2.35. The van der Waals surface area contributed by atoms with Crippen LogP contribution in [-0.2, 0) is 14.3 Å². The molecule has 0 spiro atoms. The van der Waals surface area contributed by atoms with Gasteiger partial charge >= 0.3 is 5.97 Å². The summed E-state index contributed by atoms with van der Waals surface area (Å²) in [4.78, 5) is 40.0. The van der Waals surface area contributed by atoms with E-state index in [9.17, 15) is 19.7 Å². The molecule has 2 aliphatic carbocycles. The first-order chi connectivity index (χ1) is 16.0. The lowest BCUT2D eigenvalue weighted by Gasteiger charge is -2.43. The zero-order valence-electron chi connectivity index (χ0n) is 18.4. The molecule has 3 aliphatic rings. The third-order valence-corrected chi connectivity index (χ3v) is 7.36. The Hall–Kier alpha value is -3.48. The van der Waals surface area contributed by atoms with Gasteiger partial charge in [0.15, 0.2) is 0 Å². The summed E-state index contributed by atoms with van der Waals surface area (Å²) >= 11 is 0. The first kappa shape index (κ1) is 21.4. The number of para-hydroxylation sites is 2. The largest absolute Gasteiger partial charge is 0.462 e. The van der Waals surface area contributed by atoms with Crippen LogP contribution in [0.5, 0.6) is 0 Å².